The van der Waals surface area contributed by atoms with E-state index in [4.69, 9.17) is 16.0 Å². The van der Waals surface area contributed by atoms with Gasteiger partial charge in [0.15, 0.2) is 0 Å². The molecule has 1 unspecified atom stereocenters. The fourth-order valence-corrected chi connectivity index (χ4v) is 2.11. The Morgan fingerprint density at radius 1 is 1.38 bits per heavy atom. The van der Waals surface area contributed by atoms with Crippen LogP contribution in [-0.2, 0) is 0 Å². The molecule has 2 aromatic rings. The van der Waals surface area contributed by atoms with Crippen LogP contribution in [0.4, 0.5) is 0 Å². The molecule has 1 N–H and O–H groups in total. The lowest BCUT2D eigenvalue weighted by Crippen LogP contribution is -2.20. The molecule has 0 amide bonds. The lowest BCUT2D eigenvalue weighted by atomic mass is 10.2. The highest BCUT2D eigenvalue weighted by Crippen LogP contribution is 2.29. The summed E-state index contributed by atoms with van der Waals surface area (Å²) in [6, 6.07) is 8.75. The van der Waals surface area contributed by atoms with Crippen LogP contribution >= 0.6 is 11.6 Å². The first-order valence-electron chi connectivity index (χ1n) is 5.67. The average Bonchev–Trinajstić information content (AvgIpc) is 2.95. The first-order valence-corrected chi connectivity index (χ1v) is 6.05. The average molecular weight is 236 g/mol. The van der Waals surface area contributed by atoms with E-state index in [0.29, 0.717) is 6.04 Å². The van der Waals surface area contributed by atoms with Crippen molar-refractivity contribution in [3.8, 4) is 0 Å². The lowest BCUT2D eigenvalue weighted by molar-refractivity contribution is 0.449. The van der Waals surface area contributed by atoms with E-state index in [1.54, 1.807) is 0 Å². The van der Waals surface area contributed by atoms with Crippen molar-refractivity contribution in [2.45, 2.75) is 31.8 Å². The van der Waals surface area contributed by atoms with E-state index >= 15 is 0 Å². The van der Waals surface area contributed by atoms with Gasteiger partial charge in [-0.3, -0.25) is 0 Å². The summed E-state index contributed by atoms with van der Waals surface area (Å²) in [6.45, 7) is 2.14. The van der Waals surface area contributed by atoms with E-state index in [1.807, 2.05) is 18.2 Å². The zero-order valence-electron chi connectivity index (χ0n) is 9.16. The summed E-state index contributed by atoms with van der Waals surface area (Å²) in [5.74, 6) is 0.990. The fourth-order valence-electron chi connectivity index (χ4n) is 1.93. The van der Waals surface area contributed by atoms with Crippen LogP contribution in [0.1, 0.15) is 31.6 Å². The molecular formula is C13H14ClNO. The molecule has 1 atom stereocenters. The van der Waals surface area contributed by atoms with Crippen LogP contribution < -0.4 is 5.32 Å². The molecule has 1 fully saturated rings. The standard InChI is InChI=1S/C13H14ClNO/c1-8(15-11-3-4-11)13-7-9-6-10(14)2-5-12(9)16-13/h2,5-8,11,15H,3-4H2,1H3. The molecule has 0 spiro atoms. The Bertz CT molecular complexity index is 516. The van der Waals surface area contributed by atoms with Crippen molar-refractivity contribution in [3.05, 3.63) is 35.0 Å². The molecule has 3 rings (SSSR count). The number of nitrogens with one attached hydrogen (secondary N) is 1. The quantitative estimate of drug-likeness (QED) is 0.873. The van der Waals surface area contributed by atoms with Crippen LogP contribution in [0.15, 0.2) is 28.7 Å². The van der Waals surface area contributed by atoms with Gasteiger partial charge in [0.25, 0.3) is 0 Å². The predicted molar refractivity (Wildman–Crippen MR) is 65.8 cm³/mol. The van der Waals surface area contributed by atoms with Gasteiger partial charge in [-0.05, 0) is 44.0 Å². The minimum Gasteiger partial charge on any atom is -0.459 e. The van der Waals surface area contributed by atoms with Gasteiger partial charge < -0.3 is 9.73 Å². The van der Waals surface area contributed by atoms with Crippen molar-refractivity contribution >= 4 is 22.6 Å². The monoisotopic (exact) mass is 235 g/mol. The second kappa shape index (κ2) is 3.79. The largest absolute Gasteiger partial charge is 0.459 e. The van der Waals surface area contributed by atoms with Gasteiger partial charge in [0, 0.05) is 16.5 Å². The van der Waals surface area contributed by atoms with Gasteiger partial charge in [0.1, 0.15) is 11.3 Å². The normalized spacial score (nSPS) is 17.9. The van der Waals surface area contributed by atoms with Crippen molar-refractivity contribution in [3.63, 3.8) is 0 Å². The molecule has 0 aliphatic heterocycles. The van der Waals surface area contributed by atoms with Crippen LogP contribution in [0.3, 0.4) is 0 Å². The highest BCUT2D eigenvalue weighted by molar-refractivity contribution is 6.31. The SMILES string of the molecule is CC(NC1CC1)c1cc2cc(Cl)ccc2o1. The third-order valence-corrected chi connectivity index (χ3v) is 3.22. The molecule has 0 bridgehead atoms. The van der Waals surface area contributed by atoms with Gasteiger partial charge in [-0.1, -0.05) is 11.6 Å². The van der Waals surface area contributed by atoms with Crippen molar-refractivity contribution in [2.75, 3.05) is 0 Å². The Hall–Kier alpha value is -0.990. The number of benzene rings is 1. The summed E-state index contributed by atoms with van der Waals surface area (Å²) < 4.78 is 5.79. The zero-order valence-corrected chi connectivity index (χ0v) is 9.92. The summed E-state index contributed by atoms with van der Waals surface area (Å²) in [6.07, 6.45) is 2.58. The van der Waals surface area contributed by atoms with E-state index in [9.17, 15) is 0 Å². The minimum absolute atomic E-state index is 0.277. The first-order chi connectivity index (χ1) is 7.72. The third-order valence-electron chi connectivity index (χ3n) is 2.99. The number of furan rings is 1. The van der Waals surface area contributed by atoms with Gasteiger partial charge in [-0.15, -0.1) is 0 Å². The smallest absolute Gasteiger partial charge is 0.134 e. The number of hydrogen-bond donors (Lipinski definition) is 1. The number of rotatable bonds is 3. The van der Waals surface area contributed by atoms with Crippen LogP contribution in [0.5, 0.6) is 0 Å². The van der Waals surface area contributed by atoms with Crippen LogP contribution in [0.25, 0.3) is 11.0 Å². The Morgan fingerprint density at radius 2 is 2.19 bits per heavy atom. The number of fused-ring (bicyclic) bond motifs is 1. The van der Waals surface area contributed by atoms with Crippen LogP contribution in [0.2, 0.25) is 5.02 Å². The Morgan fingerprint density at radius 3 is 2.94 bits per heavy atom. The summed E-state index contributed by atoms with van der Waals surface area (Å²) in [4.78, 5) is 0. The van der Waals surface area contributed by atoms with Crippen molar-refractivity contribution in [1.29, 1.82) is 0 Å². The maximum Gasteiger partial charge on any atom is 0.134 e. The van der Waals surface area contributed by atoms with E-state index in [-0.39, 0.29) is 6.04 Å². The van der Waals surface area contributed by atoms with Gasteiger partial charge in [0.2, 0.25) is 0 Å². The molecule has 1 aliphatic rings. The summed E-state index contributed by atoms with van der Waals surface area (Å²) >= 11 is 5.94. The summed E-state index contributed by atoms with van der Waals surface area (Å²) in [5, 5.41) is 5.35. The first kappa shape index (κ1) is 10.2. The van der Waals surface area contributed by atoms with Gasteiger partial charge in [-0.2, -0.15) is 0 Å². The minimum atomic E-state index is 0.277. The van der Waals surface area contributed by atoms with Gasteiger partial charge >= 0.3 is 0 Å². The predicted octanol–water partition coefficient (Wildman–Crippen LogP) is 3.90. The number of hydrogen-bond acceptors (Lipinski definition) is 2. The Labute approximate surface area is 99.6 Å². The molecule has 1 heterocycles. The third kappa shape index (κ3) is 1.95. The molecule has 1 aromatic carbocycles. The van der Waals surface area contributed by atoms with Gasteiger partial charge in [-0.25, -0.2) is 0 Å². The molecule has 0 saturated heterocycles. The van der Waals surface area contributed by atoms with E-state index in [2.05, 4.69) is 18.3 Å². The van der Waals surface area contributed by atoms with Crippen molar-refractivity contribution in [2.24, 2.45) is 0 Å². The molecule has 2 nitrogen and oxygen atoms in total. The topological polar surface area (TPSA) is 25.2 Å². The molecule has 16 heavy (non-hydrogen) atoms. The molecule has 3 heteroatoms. The molecule has 1 aliphatic carbocycles. The second-order valence-electron chi connectivity index (χ2n) is 4.49. The Kier molecular flexibility index (Phi) is 2.41. The second-order valence-corrected chi connectivity index (χ2v) is 4.93. The lowest BCUT2D eigenvalue weighted by Gasteiger charge is -2.09. The maximum absolute atomic E-state index is 5.94. The van der Waals surface area contributed by atoms with Gasteiger partial charge in [0.05, 0.1) is 6.04 Å². The molecule has 1 saturated carbocycles. The van der Waals surface area contributed by atoms with E-state index in [1.165, 1.54) is 12.8 Å². The highest BCUT2D eigenvalue weighted by Gasteiger charge is 2.24. The molecule has 84 valence electrons. The molecule has 0 radical (unpaired) electrons. The zero-order chi connectivity index (χ0) is 11.1. The van der Waals surface area contributed by atoms with E-state index in [0.717, 1.165) is 21.8 Å². The molecule has 1 aromatic heterocycles. The fraction of sp³-hybridized carbons (Fsp3) is 0.385. The molecular weight excluding hydrogens is 222 g/mol. The van der Waals surface area contributed by atoms with Crippen LogP contribution in [-0.4, -0.2) is 6.04 Å². The van der Waals surface area contributed by atoms with Crippen molar-refractivity contribution in [1.82, 2.24) is 5.32 Å². The maximum atomic E-state index is 5.94. The van der Waals surface area contributed by atoms with Crippen molar-refractivity contribution < 1.29 is 4.42 Å². The highest BCUT2D eigenvalue weighted by atomic mass is 35.5. The van der Waals surface area contributed by atoms with E-state index < -0.39 is 0 Å². The number of halogens is 1. The Balaban J connectivity index is 1.91. The summed E-state index contributed by atoms with van der Waals surface area (Å²) in [5.41, 5.74) is 0.906. The van der Waals surface area contributed by atoms with Crippen LogP contribution in [0, 0.1) is 0 Å². The summed E-state index contributed by atoms with van der Waals surface area (Å²) in [7, 11) is 0.